The summed E-state index contributed by atoms with van der Waals surface area (Å²) in [6.07, 6.45) is -1.19. The summed E-state index contributed by atoms with van der Waals surface area (Å²) in [7, 11) is 1.59. The highest BCUT2D eigenvalue weighted by Gasteiger charge is 2.23. The second kappa shape index (κ2) is 6.92. The monoisotopic (exact) mass is 361 g/mol. The van der Waals surface area contributed by atoms with Crippen LogP contribution in [0.25, 0.3) is 0 Å². The number of hydrogen-bond acceptors (Lipinski definition) is 6. The van der Waals surface area contributed by atoms with E-state index in [1.165, 1.54) is 0 Å². The van der Waals surface area contributed by atoms with E-state index in [4.69, 9.17) is 23.7 Å². The molecular formula is C19H20FNO5. The van der Waals surface area contributed by atoms with Crippen molar-refractivity contribution in [3.63, 3.8) is 0 Å². The normalized spacial score (nSPS) is 16.4. The van der Waals surface area contributed by atoms with Gasteiger partial charge in [0.05, 0.1) is 7.11 Å². The van der Waals surface area contributed by atoms with Gasteiger partial charge in [-0.2, -0.15) is 0 Å². The zero-order chi connectivity index (χ0) is 18.1. The first-order valence-electron chi connectivity index (χ1n) is 8.39. The molecule has 2 aliphatic rings. The lowest BCUT2D eigenvalue weighted by Gasteiger charge is -2.20. The zero-order valence-corrected chi connectivity index (χ0v) is 14.6. The number of hydrogen-bond donors (Lipinski definition) is 1. The van der Waals surface area contributed by atoms with Crippen LogP contribution in [0.4, 0.5) is 4.39 Å². The van der Waals surface area contributed by atoms with Gasteiger partial charge in [0.15, 0.2) is 23.0 Å². The summed E-state index contributed by atoms with van der Waals surface area (Å²) in [4.78, 5) is 0. The second-order valence-electron chi connectivity index (χ2n) is 6.20. The van der Waals surface area contributed by atoms with Crippen molar-refractivity contribution >= 4 is 0 Å². The molecule has 2 atom stereocenters. The average Bonchev–Trinajstić information content (AvgIpc) is 3.32. The van der Waals surface area contributed by atoms with Crippen molar-refractivity contribution < 1.29 is 28.1 Å². The van der Waals surface area contributed by atoms with Crippen LogP contribution in [-0.2, 0) is 6.54 Å². The molecule has 0 aromatic heterocycles. The maximum absolute atomic E-state index is 14.9. The van der Waals surface area contributed by atoms with E-state index >= 15 is 0 Å². The lowest BCUT2D eigenvalue weighted by molar-refractivity contribution is 0.173. The molecule has 138 valence electrons. The summed E-state index contributed by atoms with van der Waals surface area (Å²) in [5.41, 5.74) is 1.42. The van der Waals surface area contributed by atoms with E-state index < -0.39 is 12.2 Å². The van der Waals surface area contributed by atoms with E-state index in [0.717, 1.165) is 5.56 Å². The van der Waals surface area contributed by atoms with Gasteiger partial charge in [0, 0.05) is 24.2 Å². The predicted octanol–water partition coefficient (Wildman–Crippen LogP) is 3.34. The van der Waals surface area contributed by atoms with E-state index in [0.29, 0.717) is 40.9 Å². The molecule has 0 fully saturated rings. The fourth-order valence-electron chi connectivity index (χ4n) is 3.04. The molecule has 2 aliphatic heterocycles. The van der Waals surface area contributed by atoms with Crippen LogP contribution in [-0.4, -0.2) is 26.7 Å². The van der Waals surface area contributed by atoms with Crippen LogP contribution in [0.1, 0.15) is 24.2 Å². The Balaban J connectivity index is 1.44. The molecule has 2 heterocycles. The SMILES string of the molecule is COc1cc2c(cc1CNC(C)C(F)c1ccc3c(c1)OCO3)OCO2. The molecule has 4 rings (SSSR count). The number of alkyl halides is 1. The van der Waals surface area contributed by atoms with E-state index in [1.807, 2.05) is 6.07 Å². The molecule has 2 aromatic carbocycles. The Morgan fingerprint density at radius 2 is 1.65 bits per heavy atom. The summed E-state index contributed by atoms with van der Waals surface area (Å²) >= 11 is 0. The van der Waals surface area contributed by atoms with E-state index in [-0.39, 0.29) is 13.6 Å². The molecule has 0 bridgehead atoms. The van der Waals surface area contributed by atoms with Crippen molar-refractivity contribution in [2.75, 3.05) is 20.7 Å². The maximum Gasteiger partial charge on any atom is 0.231 e. The molecule has 0 radical (unpaired) electrons. The summed E-state index contributed by atoms with van der Waals surface area (Å²) in [5.74, 6) is 3.22. The van der Waals surface area contributed by atoms with Gasteiger partial charge in [0.25, 0.3) is 0 Å². The third-order valence-corrected chi connectivity index (χ3v) is 4.54. The Bertz CT molecular complexity index is 813. The van der Waals surface area contributed by atoms with Gasteiger partial charge in [-0.05, 0) is 30.7 Å². The molecule has 26 heavy (non-hydrogen) atoms. The molecule has 1 N–H and O–H groups in total. The first kappa shape index (κ1) is 16.8. The van der Waals surface area contributed by atoms with Gasteiger partial charge >= 0.3 is 0 Å². The molecule has 2 aromatic rings. The van der Waals surface area contributed by atoms with Gasteiger partial charge in [0.1, 0.15) is 11.9 Å². The summed E-state index contributed by atoms with van der Waals surface area (Å²) in [6, 6.07) is 8.37. The van der Waals surface area contributed by atoms with Crippen molar-refractivity contribution in [3.05, 3.63) is 41.5 Å². The minimum Gasteiger partial charge on any atom is -0.496 e. The second-order valence-corrected chi connectivity index (χ2v) is 6.20. The first-order valence-corrected chi connectivity index (χ1v) is 8.39. The van der Waals surface area contributed by atoms with Crippen LogP contribution in [0.15, 0.2) is 30.3 Å². The number of rotatable bonds is 6. The lowest BCUT2D eigenvalue weighted by atomic mass is 10.0. The standard InChI is InChI=1S/C19H20FNO5/c1-11(19(20)12-3-4-14-16(5-12)24-9-23-14)21-8-13-6-17-18(26-10-25-17)7-15(13)22-2/h3-7,11,19,21H,8-10H2,1-2H3. The Hall–Kier alpha value is -2.67. The van der Waals surface area contributed by atoms with E-state index in [9.17, 15) is 4.39 Å². The van der Waals surface area contributed by atoms with Crippen molar-refractivity contribution in [2.45, 2.75) is 25.7 Å². The minimum absolute atomic E-state index is 0.174. The Kier molecular flexibility index (Phi) is 4.46. The fourth-order valence-corrected chi connectivity index (χ4v) is 3.04. The van der Waals surface area contributed by atoms with Crippen LogP contribution in [0, 0.1) is 0 Å². The van der Waals surface area contributed by atoms with E-state index in [1.54, 1.807) is 38.3 Å². The van der Waals surface area contributed by atoms with Crippen molar-refractivity contribution in [3.8, 4) is 28.7 Å². The van der Waals surface area contributed by atoms with Gasteiger partial charge in [-0.15, -0.1) is 0 Å². The predicted molar refractivity (Wildman–Crippen MR) is 91.8 cm³/mol. The summed E-state index contributed by atoms with van der Waals surface area (Å²) < 4.78 is 41.6. The van der Waals surface area contributed by atoms with Crippen LogP contribution in [0.2, 0.25) is 0 Å². The Morgan fingerprint density at radius 1 is 1.00 bits per heavy atom. The molecule has 0 saturated carbocycles. The molecular weight excluding hydrogens is 341 g/mol. The lowest BCUT2D eigenvalue weighted by Crippen LogP contribution is -2.30. The highest BCUT2D eigenvalue weighted by atomic mass is 19.1. The first-order chi connectivity index (χ1) is 12.7. The van der Waals surface area contributed by atoms with Crippen LogP contribution in [0.3, 0.4) is 0 Å². The number of halogens is 1. The minimum atomic E-state index is -1.19. The number of nitrogens with one attached hydrogen (secondary N) is 1. The Morgan fingerprint density at radius 3 is 2.38 bits per heavy atom. The average molecular weight is 361 g/mol. The molecule has 0 spiro atoms. The molecule has 0 amide bonds. The molecule has 7 heteroatoms. The third kappa shape index (κ3) is 3.10. The fraction of sp³-hybridized carbons (Fsp3) is 0.368. The van der Waals surface area contributed by atoms with Crippen molar-refractivity contribution in [2.24, 2.45) is 0 Å². The van der Waals surface area contributed by atoms with E-state index in [2.05, 4.69) is 5.32 Å². The topological polar surface area (TPSA) is 58.2 Å². The zero-order valence-electron chi connectivity index (χ0n) is 14.6. The number of methoxy groups -OCH3 is 1. The number of benzene rings is 2. The highest BCUT2D eigenvalue weighted by molar-refractivity contribution is 5.52. The van der Waals surface area contributed by atoms with Gasteiger partial charge in [-0.1, -0.05) is 6.07 Å². The van der Waals surface area contributed by atoms with Crippen LogP contribution >= 0.6 is 0 Å². The van der Waals surface area contributed by atoms with Gasteiger partial charge in [-0.25, -0.2) is 4.39 Å². The van der Waals surface area contributed by atoms with Gasteiger partial charge in [-0.3, -0.25) is 0 Å². The quantitative estimate of drug-likeness (QED) is 0.852. The van der Waals surface area contributed by atoms with Crippen LogP contribution < -0.4 is 29.0 Å². The summed E-state index contributed by atoms with van der Waals surface area (Å²) in [6.45, 7) is 2.61. The maximum atomic E-state index is 14.9. The van der Waals surface area contributed by atoms with Crippen molar-refractivity contribution in [1.82, 2.24) is 5.32 Å². The Labute approximate surface area is 150 Å². The van der Waals surface area contributed by atoms with Crippen LogP contribution in [0.5, 0.6) is 28.7 Å². The molecule has 2 unspecified atom stereocenters. The molecule has 6 nitrogen and oxygen atoms in total. The van der Waals surface area contributed by atoms with Gasteiger partial charge < -0.3 is 29.0 Å². The third-order valence-electron chi connectivity index (χ3n) is 4.54. The van der Waals surface area contributed by atoms with Crippen molar-refractivity contribution in [1.29, 1.82) is 0 Å². The van der Waals surface area contributed by atoms with Gasteiger partial charge in [0.2, 0.25) is 13.6 Å². The highest BCUT2D eigenvalue weighted by Crippen LogP contribution is 2.38. The number of fused-ring (bicyclic) bond motifs is 2. The molecule has 0 saturated heterocycles. The molecule has 0 aliphatic carbocycles. The smallest absolute Gasteiger partial charge is 0.231 e. The number of ether oxygens (including phenoxy) is 5. The summed E-state index contributed by atoms with van der Waals surface area (Å²) in [5, 5.41) is 3.21. The largest absolute Gasteiger partial charge is 0.496 e.